The number of halogens is 1. The van der Waals surface area contributed by atoms with Crippen LogP contribution in [0.1, 0.15) is 19.4 Å². The molecule has 1 rings (SSSR count). The number of hydrogen-bond donors (Lipinski definition) is 2. The molecule has 0 heterocycles. The SMILES string of the molecule is C=C(N=C(C)C(C)N)c1cccc(F)c1.CO. The van der Waals surface area contributed by atoms with Crippen LogP contribution in [0.2, 0.25) is 0 Å². The molecule has 0 saturated heterocycles. The Hall–Kier alpha value is -1.52. The third-order valence-corrected chi connectivity index (χ3v) is 2.13. The van der Waals surface area contributed by atoms with Gasteiger partial charge in [-0.2, -0.15) is 0 Å². The van der Waals surface area contributed by atoms with Crippen LogP contribution in [0.25, 0.3) is 5.70 Å². The Morgan fingerprint density at radius 3 is 2.53 bits per heavy atom. The van der Waals surface area contributed by atoms with E-state index in [1.807, 2.05) is 13.8 Å². The van der Waals surface area contributed by atoms with Gasteiger partial charge in [-0.05, 0) is 26.0 Å². The molecule has 0 fully saturated rings. The van der Waals surface area contributed by atoms with Crippen molar-refractivity contribution in [1.82, 2.24) is 0 Å². The predicted octanol–water partition coefficient (Wildman–Crippen LogP) is 2.21. The van der Waals surface area contributed by atoms with Crippen molar-refractivity contribution in [1.29, 1.82) is 0 Å². The van der Waals surface area contributed by atoms with E-state index in [1.165, 1.54) is 12.1 Å². The molecule has 0 radical (unpaired) electrons. The average molecular weight is 238 g/mol. The fourth-order valence-electron chi connectivity index (χ4n) is 1.05. The zero-order valence-electron chi connectivity index (χ0n) is 10.4. The lowest BCUT2D eigenvalue weighted by atomic mass is 10.1. The number of aliphatic imine (C=N–C) groups is 1. The number of benzene rings is 1. The first-order valence-electron chi connectivity index (χ1n) is 5.21. The minimum atomic E-state index is -0.290. The molecule has 0 aromatic heterocycles. The second-order valence-electron chi connectivity index (χ2n) is 3.50. The molecule has 3 N–H and O–H groups in total. The molecule has 0 aliphatic rings. The number of aliphatic hydroxyl groups is 1. The molecule has 1 aromatic rings. The van der Waals surface area contributed by atoms with E-state index in [0.29, 0.717) is 11.3 Å². The molecule has 0 aliphatic carbocycles. The fourth-order valence-corrected chi connectivity index (χ4v) is 1.05. The first-order chi connectivity index (χ1) is 8.00. The molecule has 3 nitrogen and oxygen atoms in total. The van der Waals surface area contributed by atoms with Gasteiger partial charge < -0.3 is 10.8 Å². The molecule has 0 saturated carbocycles. The fraction of sp³-hybridized carbons (Fsp3) is 0.308. The Bertz CT molecular complexity index is 400. The summed E-state index contributed by atoms with van der Waals surface area (Å²) < 4.78 is 12.9. The summed E-state index contributed by atoms with van der Waals surface area (Å²) in [6.45, 7) is 7.45. The van der Waals surface area contributed by atoms with Crippen molar-refractivity contribution in [3.63, 3.8) is 0 Å². The van der Waals surface area contributed by atoms with Gasteiger partial charge in [0.1, 0.15) is 5.82 Å². The van der Waals surface area contributed by atoms with Gasteiger partial charge in [0.05, 0.1) is 5.70 Å². The molecule has 4 heteroatoms. The molecule has 17 heavy (non-hydrogen) atoms. The molecule has 0 aliphatic heterocycles. The highest BCUT2D eigenvalue weighted by Crippen LogP contribution is 2.15. The van der Waals surface area contributed by atoms with Crippen LogP contribution in [-0.2, 0) is 0 Å². The summed E-state index contributed by atoms with van der Waals surface area (Å²) in [5.74, 6) is -0.290. The van der Waals surface area contributed by atoms with Gasteiger partial charge in [-0.3, -0.25) is 4.99 Å². The Labute approximate surface area is 101 Å². The minimum Gasteiger partial charge on any atom is -0.400 e. The molecular weight excluding hydrogens is 219 g/mol. The second-order valence-corrected chi connectivity index (χ2v) is 3.50. The molecule has 0 spiro atoms. The van der Waals surface area contributed by atoms with Crippen molar-refractivity contribution in [2.24, 2.45) is 10.7 Å². The molecule has 0 amide bonds. The molecule has 0 bridgehead atoms. The van der Waals surface area contributed by atoms with Gasteiger partial charge in [0.2, 0.25) is 0 Å². The van der Waals surface area contributed by atoms with E-state index in [2.05, 4.69) is 11.6 Å². The highest BCUT2D eigenvalue weighted by Gasteiger charge is 2.02. The van der Waals surface area contributed by atoms with Crippen LogP contribution < -0.4 is 5.73 Å². The molecule has 94 valence electrons. The number of aliphatic hydroxyl groups excluding tert-OH is 1. The van der Waals surface area contributed by atoms with E-state index < -0.39 is 0 Å². The number of nitrogens with two attached hydrogens (primary N) is 1. The smallest absolute Gasteiger partial charge is 0.123 e. The van der Waals surface area contributed by atoms with Crippen molar-refractivity contribution in [3.05, 3.63) is 42.2 Å². The number of hydrogen-bond acceptors (Lipinski definition) is 3. The van der Waals surface area contributed by atoms with Crippen molar-refractivity contribution >= 4 is 11.4 Å². The molecule has 1 aromatic carbocycles. The lowest BCUT2D eigenvalue weighted by Gasteiger charge is -2.06. The van der Waals surface area contributed by atoms with Crippen LogP contribution in [0.5, 0.6) is 0 Å². The summed E-state index contributed by atoms with van der Waals surface area (Å²) in [5, 5.41) is 7.00. The van der Waals surface area contributed by atoms with E-state index in [1.54, 1.807) is 12.1 Å². The topological polar surface area (TPSA) is 58.6 Å². The summed E-state index contributed by atoms with van der Waals surface area (Å²) in [6.07, 6.45) is 0. The lowest BCUT2D eigenvalue weighted by molar-refractivity contribution is 0.399. The molecular formula is C13H19FN2O. The minimum absolute atomic E-state index is 0.115. The van der Waals surface area contributed by atoms with Gasteiger partial charge >= 0.3 is 0 Å². The maximum absolute atomic E-state index is 12.9. The van der Waals surface area contributed by atoms with Crippen LogP contribution >= 0.6 is 0 Å². The molecule has 1 unspecified atom stereocenters. The first-order valence-corrected chi connectivity index (χ1v) is 5.21. The van der Waals surface area contributed by atoms with E-state index in [9.17, 15) is 4.39 Å². The third-order valence-electron chi connectivity index (χ3n) is 2.13. The summed E-state index contributed by atoms with van der Waals surface area (Å²) >= 11 is 0. The predicted molar refractivity (Wildman–Crippen MR) is 70.3 cm³/mol. The van der Waals surface area contributed by atoms with Crippen LogP contribution in [0.4, 0.5) is 4.39 Å². The Morgan fingerprint density at radius 1 is 1.47 bits per heavy atom. The van der Waals surface area contributed by atoms with Gasteiger partial charge in [-0.25, -0.2) is 4.39 Å². The highest BCUT2D eigenvalue weighted by atomic mass is 19.1. The molecule has 1 atom stereocenters. The van der Waals surface area contributed by atoms with Gasteiger partial charge in [-0.15, -0.1) is 0 Å². The van der Waals surface area contributed by atoms with Crippen molar-refractivity contribution < 1.29 is 9.50 Å². The third kappa shape index (κ3) is 5.38. The van der Waals surface area contributed by atoms with Gasteiger partial charge in [0, 0.05) is 24.4 Å². The largest absolute Gasteiger partial charge is 0.400 e. The van der Waals surface area contributed by atoms with Crippen molar-refractivity contribution in [2.75, 3.05) is 7.11 Å². The Kier molecular flexibility index (Phi) is 7.02. The van der Waals surface area contributed by atoms with Crippen LogP contribution in [-0.4, -0.2) is 24.0 Å². The zero-order chi connectivity index (χ0) is 13.4. The van der Waals surface area contributed by atoms with Gasteiger partial charge in [-0.1, -0.05) is 18.7 Å². The van der Waals surface area contributed by atoms with Gasteiger partial charge in [0.15, 0.2) is 0 Å². The van der Waals surface area contributed by atoms with Crippen LogP contribution in [0.15, 0.2) is 35.8 Å². The van der Waals surface area contributed by atoms with Crippen molar-refractivity contribution in [3.8, 4) is 0 Å². The van der Waals surface area contributed by atoms with E-state index >= 15 is 0 Å². The second kappa shape index (κ2) is 7.70. The monoisotopic (exact) mass is 238 g/mol. The summed E-state index contributed by atoms with van der Waals surface area (Å²) in [7, 11) is 1.00. The highest BCUT2D eigenvalue weighted by molar-refractivity contribution is 5.91. The average Bonchev–Trinajstić information content (AvgIpc) is 2.31. The quantitative estimate of drug-likeness (QED) is 0.793. The number of rotatable bonds is 3. The van der Waals surface area contributed by atoms with E-state index in [-0.39, 0.29) is 11.9 Å². The maximum atomic E-state index is 12.9. The Morgan fingerprint density at radius 2 is 2.06 bits per heavy atom. The summed E-state index contributed by atoms with van der Waals surface area (Å²) in [6, 6.07) is 6.07. The Balaban J connectivity index is 0.00000121. The lowest BCUT2D eigenvalue weighted by Crippen LogP contribution is -2.24. The standard InChI is InChI=1S/C12H15FN2.CH4O/c1-8(14)9(2)15-10(3)11-5-4-6-12(13)7-11;1-2/h4-8H,3,14H2,1-2H3;2H,1H3. The van der Waals surface area contributed by atoms with E-state index in [0.717, 1.165) is 12.8 Å². The van der Waals surface area contributed by atoms with Crippen LogP contribution in [0, 0.1) is 5.82 Å². The summed E-state index contributed by atoms with van der Waals surface area (Å²) in [4.78, 5) is 4.22. The summed E-state index contributed by atoms with van der Waals surface area (Å²) in [5.41, 5.74) is 7.64. The normalized spacial score (nSPS) is 12.5. The van der Waals surface area contributed by atoms with Crippen molar-refractivity contribution in [2.45, 2.75) is 19.9 Å². The zero-order valence-corrected chi connectivity index (χ0v) is 10.4. The van der Waals surface area contributed by atoms with Crippen LogP contribution in [0.3, 0.4) is 0 Å². The maximum Gasteiger partial charge on any atom is 0.123 e. The van der Waals surface area contributed by atoms with Gasteiger partial charge in [0.25, 0.3) is 0 Å². The first kappa shape index (κ1) is 15.5. The van der Waals surface area contributed by atoms with E-state index in [4.69, 9.17) is 10.8 Å². The number of nitrogens with zero attached hydrogens (tertiary/aromatic N) is 1.